The Kier molecular flexibility index (Phi) is 8.60. The molecule has 0 saturated heterocycles. The second-order valence-corrected chi connectivity index (χ2v) is 5.66. The normalized spacial score (nSPS) is 14.2. The van der Waals surface area contributed by atoms with Crippen LogP contribution in [0.3, 0.4) is 0 Å². The molecule has 0 spiro atoms. The van der Waals surface area contributed by atoms with E-state index in [1.165, 1.54) is 24.0 Å². The summed E-state index contributed by atoms with van der Waals surface area (Å²) in [4.78, 5) is 4.59. The molecule has 0 bridgehead atoms. The molecular weight excluding hydrogens is 389 g/mol. The standard InChI is InChI=1S/C17H27N3O.HI/c1-4-18-17(20-12-15-8-9-15)19-10-11-21-16-13(2)6-5-7-14(16)3;/h5-7,15H,4,8-12H2,1-3H3,(H2,18,19,20);1H. The fraction of sp³-hybridized carbons (Fsp3) is 0.588. The first kappa shape index (κ1) is 19.1. The number of nitrogens with one attached hydrogen (secondary N) is 2. The van der Waals surface area contributed by atoms with Gasteiger partial charge in [0, 0.05) is 13.1 Å². The summed E-state index contributed by atoms with van der Waals surface area (Å²) < 4.78 is 5.89. The van der Waals surface area contributed by atoms with Gasteiger partial charge in [-0.3, -0.25) is 4.99 Å². The minimum Gasteiger partial charge on any atom is -0.491 e. The van der Waals surface area contributed by atoms with E-state index in [1.807, 2.05) is 0 Å². The lowest BCUT2D eigenvalue weighted by Crippen LogP contribution is -2.39. The summed E-state index contributed by atoms with van der Waals surface area (Å²) in [6.07, 6.45) is 2.66. The van der Waals surface area contributed by atoms with Crippen LogP contribution in [0.1, 0.15) is 30.9 Å². The number of hydrogen-bond acceptors (Lipinski definition) is 2. The third-order valence-corrected chi connectivity index (χ3v) is 3.60. The molecule has 5 heteroatoms. The van der Waals surface area contributed by atoms with Gasteiger partial charge >= 0.3 is 0 Å². The first-order valence-corrected chi connectivity index (χ1v) is 7.92. The lowest BCUT2D eigenvalue weighted by Gasteiger charge is -2.14. The van der Waals surface area contributed by atoms with Gasteiger partial charge in [0.2, 0.25) is 0 Å². The Bertz CT molecular complexity index is 467. The van der Waals surface area contributed by atoms with E-state index in [1.54, 1.807) is 0 Å². The van der Waals surface area contributed by atoms with Crippen molar-refractivity contribution >= 4 is 29.9 Å². The molecule has 124 valence electrons. The van der Waals surface area contributed by atoms with E-state index < -0.39 is 0 Å². The van der Waals surface area contributed by atoms with Gasteiger partial charge in [-0.15, -0.1) is 24.0 Å². The Morgan fingerprint density at radius 2 is 1.91 bits per heavy atom. The third kappa shape index (κ3) is 6.42. The van der Waals surface area contributed by atoms with Gasteiger partial charge in [-0.05, 0) is 50.7 Å². The first-order chi connectivity index (χ1) is 10.2. The van der Waals surface area contributed by atoms with Gasteiger partial charge < -0.3 is 15.4 Å². The number of ether oxygens (including phenoxy) is 1. The smallest absolute Gasteiger partial charge is 0.191 e. The molecule has 22 heavy (non-hydrogen) atoms. The highest BCUT2D eigenvalue weighted by Gasteiger charge is 2.20. The molecule has 0 heterocycles. The Hall–Kier alpha value is -0.980. The summed E-state index contributed by atoms with van der Waals surface area (Å²) in [6.45, 7) is 9.46. The van der Waals surface area contributed by atoms with Crippen molar-refractivity contribution in [2.45, 2.75) is 33.6 Å². The van der Waals surface area contributed by atoms with Crippen LogP contribution in [0.25, 0.3) is 0 Å². The van der Waals surface area contributed by atoms with Crippen molar-refractivity contribution in [3.63, 3.8) is 0 Å². The fourth-order valence-corrected chi connectivity index (χ4v) is 2.21. The maximum Gasteiger partial charge on any atom is 0.191 e. The van der Waals surface area contributed by atoms with Crippen LogP contribution in [-0.2, 0) is 0 Å². The Balaban J connectivity index is 0.00000242. The average Bonchev–Trinajstić information content (AvgIpc) is 3.27. The lowest BCUT2D eigenvalue weighted by atomic mass is 10.1. The van der Waals surface area contributed by atoms with Crippen molar-refractivity contribution in [1.29, 1.82) is 0 Å². The van der Waals surface area contributed by atoms with Crippen molar-refractivity contribution < 1.29 is 4.74 Å². The van der Waals surface area contributed by atoms with E-state index in [9.17, 15) is 0 Å². The van der Waals surface area contributed by atoms with Crippen molar-refractivity contribution in [2.24, 2.45) is 10.9 Å². The van der Waals surface area contributed by atoms with Crippen molar-refractivity contribution in [2.75, 3.05) is 26.2 Å². The zero-order valence-corrected chi connectivity index (χ0v) is 16.1. The summed E-state index contributed by atoms with van der Waals surface area (Å²) in [5.41, 5.74) is 2.37. The number of aliphatic imine (C=N–C) groups is 1. The van der Waals surface area contributed by atoms with Crippen LogP contribution in [0, 0.1) is 19.8 Å². The van der Waals surface area contributed by atoms with Crippen LogP contribution in [0.2, 0.25) is 0 Å². The quantitative estimate of drug-likeness (QED) is 0.310. The number of benzene rings is 1. The van der Waals surface area contributed by atoms with Gasteiger partial charge in [0.25, 0.3) is 0 Å². The molecule has 2 N–H and O–H groups in total. The minimum atomic E-state index is 0. The largest absolute Gasteiger partial charge is 0.491 e. The van der Waals surface area contributed by atoms with Gasteiger partial charge in [-0.25, -0.2) is 0 Å². The zero-order valence-electron chi connectivity index (χ0n) is 13.8. The Morgan fingerprint density at radius 3 is 2.50 bits per heavy atom. The second-order valence-electron chi connectivity index (χ2n) is 5.66. The summed E-state index contributed by atoms with van der Waals surface area (Å²) in [7, 11) is 0. The van der Waals surface area contributed by atoms with Crippen molar-refractivity contribution in [3.8, 4) is 5.75 Å². The van der Waals surface area contributed by atoms with Gasteiger partial charge in [-0.1, -0.05) is 18.2 Å². The van der Waals surface area contributed by atoms with E-state index in [-0.39, 0.29) is 24.0 Å². The van der Waals surface area contributed by atoms with Crippen LogP contribution in [0.15, 0.2) is 23.2 Å². The van der Waals surface area contributed by atoms with Crippen LogP contribution in [0.4, 0.5) is 0 Å². The number of aryl methyl sites for hydroxylation is 2. The molecule has 0 radical (unpaired) electrons. The summed E-state index contributed by atoms with van der Waals surface area (Å²) >= 11 is 0. The maximum atomic E-state index is 5.89. The number of para-hydroxylation sites is 1. The molecule has 0 amide bonds. The molecule has 1 fully saturated rings. The molecule has 1 aromatic carbocycles. The predicted molar refractivity (Wildman–Crippen MR) is 104 cm³/mol. The minimum absolute atomic E-state index is 0. The maximum absolute atomic E-state index is 5.89. The van der Waals surface area contributed by atoms with Crippen molar-refractivity contribution in [3.05, 3.63) is 29.3 Å². The van der Waals surface area contributed by atoms with Crippen LogP contribution >= 0.6 is 24.0 Å². The highest BCUT2D eigenvalue weighted by Crippen LogP contribution is 2.28. The molecule has 0 atom stereocenters. The van der Waals surface area contributed by atoms with Gasteiger partial charge in [-0.2, -0.15) is 0 Å². The lowest BCUT2D eigenvalue weighted by molar-refractivity contribution is 0.317. The van der Waals surface area contributed by atoms with Gasteiger partial charge in [0.05, 0.1) is 6.54 Å². The molecule has 4 nitrogen and oxygen atoms in total. The van der Waals surface area contributed by atoms with E-state index in [2.05, 4.69) is 54.6 Å². The Morgan fingerprint density at radius 1 is 1.23 bits per heavy atom. The van der Waals surface area contributed by atoms with E-state index in [4.69, 9.17) is 4.74 Å². The topological polar surface area (TPSA) is 45.7 Å². The fourth-order valence-electron chi connectivity index (χ4n) is 2.21. The average molecular weight is 417 g/mol. The number of rotatable bonds is 7. The number of nitrogens with zero attached hydrogens (tertiary/aromatic N) is 1. The Labute approximate surface area is 151 Å². The predicted octanol–water partition coefficient (Wildman–Crippen LogP) is 3.27. The molecule has 1 saturated carbocycles. The zero-order chi connectivity index (χ0) is 15.1. The molecule has 2 rings (SSSR count). The molecule has 0 unspecified atom stereocenters. The van der Waals surface area contributed by atoms with Crippen molar-refractivity contribution in [1.82, 2.24) is 10.6 Å². The molecule has 1 aromatic rings. The second kappa shape index (κ2) is 9.92. The van der Waals surface area contributed by atoms with Crippen LogP contribution in [0.5, 0.6) is 5.75 Å². The van der Waals surface area contributed by atoms with Crippen LogP contribution < -0.4 is 15.4 Å². The van der Waals surface area contributed by atoms with E-state index >= 15 is 0 Å². The van der Waals surface area contributed by atoms with Gasteiger partial charge in [0.1, 0.15) is 12.4 Å². The van der Waals surface area contributed by atoms with E-state index in [0.717, 1.165) is 37.3 Å². The summed E-state index contributed by atoms with van der Waals surface area (Å²) in [6, 6.07) is 6.22. The van der Waals surface area contributed by atoms with Gasteiger partial charge in [0.15, 0.2) is 5.96 Å². The molecular formula is C17H28IN3O. The molecule has 0 aliphatic heterocycles. The number of halogens is 1. The third-order valence-electron chi connectivity index (χ3n) is 3.60. The summed E-state index contributed by atoms with van der Waals surface area (Å²) in [5.74, 6) is 2.71. The monoisotopic (exact) mass is 417 g/mol. The highest BCUT2D eigenvalue weighted by molar-refractivity contribution is 14.0. The van der Waals surface area contributed by atoms with E-state index in [0.29, 0.717) is 6.61 Å². The first-order valence-electron chi connectivity index (χ1n) is 7.92. The van der Waals surface area contributed by atoms with Crippen LogP contribution in [-0.4, -0.2) is 32.2 Å². The number of guanidine groups is 1. The summed E-state index contributed by atoms with van der Waals surface area (Å²) in [5, 5.41) is 6.60. The molecule has 1 aliphatic carbocycles. The highest BCUT2D eigenvalue weighted by atomic mass is 127. The number of hydrogen-bond donors (Lipinski definition) is 2. The SMILES string of the molecule is CCNC(=NCC1CC1)NCCOc1c(C)cccc1C.I. The molecule has 0 aromatic heterocycles. The molecule has 1 aliphatic rings.